The van der Waals surface area contributed by atoms with E-state index >= 15 is 0 Å². The Morgan fingerprint density at radius 3 is 2.31 bits per heavy atom. The smallest absolute Gasteiger partial charge is 0.376 e. The van der Waals surface area contributed by atoms with E-state index in [1.807, 2.05) is 6.92 Å². The molecule has 0 heterocycles. The average Bonchev–Trinajstić information content (AvgIpc) is 3.13. The zero-order valence-corrected chi connectivity index (χ0v) is 19.2. The molecule has 0 saturated carbocycles. The van der Waals surface area contributed by atoms with E-state index in [0.29, 0.717) is 43.4 Å². The summed E-state index contributed by atoms with van der Waals surface area (Å²) in [6.07, 6.45) is -9.99. The van der Waals surface area contributed by atoms with Gasteiger partial charge < -0.3 is 10.4 Å². The SMILES string of the molecule is CCCC(=O)NC1CCc2cc(C(=O)CC(O)(c3cc(Cl)cc(C(F)(F)F)c3)C(F)(F)F)ccc21. The molecule has 0 fully saturated rings. The monoisotopic (exact) mass is 521 g/mol. The van der Waals surface area contributed by atoms with Crippen molar-refractivity contribution in [1.82, 2.24) is 5.32 Å². The lowest BCUT2D eigenvalue weighted by atomic mass is 9.85. The van der Waals surface area contributed by atoms with E-state index < -0.39 is 46.3 Å². The van der Waals surface area contributed by atoms with Crippen LogP contribution < -0.4 is 5.32 Å². The molecule has 1 aliphatic rings. The molecule has 0 bridgehead atoms. The highest BCUT2D eigenvalue weighted by Gasteiger charge is 2.56. The first kappa shape index (κ1) is 27.0. The Hall–Kier alpha value is -2.59. The molecule has 1 amide bonds. The van der Waals surface area contributed by atoms with Crippen molar-refractivity contribution < 1.29 is 41.0 Å². The Morgan fingerprint density at radius 1 is 1.06 bits per heavy atom. The third-order valence-electron chi connectivity index (χ3n) is 5.94. The van der Waals surface area contributed by atoms with E-state index in [9.17, 15) is 41.0 Å². The van der Waals surface area contributed by atoms with Crippen LogP contribution in [0.3, 0.4) is 0 Å². The fourth-order valence-corrected chi connectivity index (χ4v) is 4.36. The van der Waals surface area contributed by atoms with Crippen LogP contribution in [0.15, 0.2) is 36.4 Å². The average molecular weight is 522 g/mol. The number of benzene rings is 2. The number of amides is 1. The number of aryl methyl sites for hydroxylation is 1. The molecular weight excluding hydrogens is 500 g/mol. The molecule has 2 atom stereocenters. The minimum Gasteiger partial charge on any atom is -0.376 e. The maximum Gasteiger partial charge on any atom is 0.421 e. The lowest BCUT2D eigenvalue weighted by Crippen LogP contribution is -2.44. The summed E-state index contributed by atoms with van der Waals surface area (Å²) < 4.78 is 81.1. The largest absolute Gasteiger partial charge is 0.421 e. The van der Waals surface area contributed by atoms with Gasteiger partial charge in [0.2, 0.25) is 5.91 Å². The Balaban J connectivity index is 1.91. The number of hydrogen-bond acceptors (Lipinski definition) is 3. The molecule has 2 aromatic rings. The number of Topliss-reactive ketones (excluding diaryl/α,β-unsaturated/α-hetero) is 1. The first-order chi connectivity index (χ1) is 16.2. The standard InChI is InChI=1S/C24H22ClF6NO3/c1-2-3-21(34)32-19-7-5-13-8-14(4-6-18(13)19)20(33)12-22(35,24(29,30)31)15-9-16(23(26,27)28)11-17(25)10-15/h4,6,8-11,19,35H,2-3,5,7,12H2,1H3,(H,32,34). The molecule has 11 heteroatoms. The van der Waals surface area contributed by atoms with Crippen LogP contribution in [0, 0.1) is 0 Å². The van der Waals surface area contributed by atoms with Crippen LogP contribution in [0.25, 0.3) is 0 Å². The molecule has 1 aliphatic carbocycles. The van der Waals surface area contributed by atoms with E-state index in [2.05, 4.69) is 5.32 Å². The maximum atomic E-state index is 13.9. The van der Waals surface area contributed by atoms with Crippen LogP contribution in [-0.2, 0) is 23.0 Å². The minimum absolute atomic E-state index is 0.134. The lowest BCUT2D eigenvalue weighted by molar-refractivity contribution is -0.265. The summed E-state index contributed by atoms with van der Waals surface area (Å²) in [4.78, 5) is 24.7. The van der Waals surface area contributed by atoms with Gasteiger partial charge >= 0.3 is 12.4 Å². The Kier molecular flexibility index (Phi) is 7.57. The van der Waals surface area contributed by atoms with Gasteiger partial charge in [-0.25, -0.2) is 0 Å². The zero-order valence-electron chi connectivity index (χ0n) is 18.5. The number of ketones is 1. The van der Waals surface area contributed by atoms with Crippen molar-refractivity contribution in [1.29, 1.82) is 0 Å². The van der Waals surface area contributed by atoms with Gasteiger partial charge in [0.25, 0.3) is 0 Å². The Bertz CT molecular complexity index is 1130. The first-order valence-electron chi connectivity index (χ1n) is 10.8. The number of aliphatic hydroxyl groups is 1. The van der Waals surface area contributed by atoms with Crippen LogP contribution in [-0.4, -0.2) is 23.0 Å². The van der Waals surface area contributed by atoms with Gasteiger partial charge in [0.1, 0.15) is 0 Å². The van der Waals surface area contributed by atoms with Crippen molar-refractivity contribution in [2.75, 3.05) is 0 Å². The second-order valence-corrected chi connectivity index (χ2v) is 8.94. The fourth-order valence-electron chi connectivity index (χ4n) is 4.13. The summed E-state index contributed by atoms with van der Waals surface area (Å²) in [6.45, 7) is 1.86. The number of hydrogen-bond donors (Lipinski definition) is 2. The number of rotatable bonds is 7. The maximum absolute atomic E-state index is 13.9. The van der Waals surface area contributed by atoms with Gasteiger partial charge in [0.15, 0.2) is 11.4 Å². The van der Waals surface area contributed by atoms with Gasteiger partial charge in [-0.3, -0.25) is 9.59 Å². The third kappa shape index (κ3) is 5.81. The molecule has 190 valence electrons. The van der Waals surface area contributed by atoms with E-state index in [4.69, 9.17) is 11.6 Å². The van der Waals surface area contributed by atoms with Gasteiger partial charge in [0.05, 0.1) is 18.0 Å². The highest BCUT2D eigenvalue weighted by molar-refractivity contribution is 6.30. The van der Waals surface area contributed by atoms with Gasteiger partial charge in [-0.05, 0) is 60.2 Å². The van der Waals surface area contributed by atoms with Crippen LogP contribution in [0.4, 0.5) is 26.3 Å². The molecular formula is C24H22ClF6NO3. The molecule has 3 rings (SSSR count). The summed E-state index contributed by atoms with van der Waals surface area (Å²) in [5.74, 6) is -1.25. The second kappa shape index (κ2) is 9.81. The third-order valence-corrected chi connectivity index (χ3v) is 6.16. The Labute approximate surface area is 202 Å². The predicted molar refractivity (Wildman–Crippen MR) is 116 cm³/mol. The molecule has 35 heavy (non-hydrogen) atoms. The molecule has 0 spiro atoms. The van der Waals surface area contributed by atoms with Gasteiger partial charge in [-0.15, -0.1) is 0 Å². The highest BCUT2D eigenvalue weighted by atomic mass is 35.5. The lowest BCUT2D eigenvalue weighted by Gasteiger charge is -2.31. The number of alkyl halides is 6. The van der Waals surface area contributed by atoms with Crippen LogP contribution in [0.1, 0.15) is 71.3 Å². The molecule has 0 saturated heterocycles. The quantitative estimate of drug-likeness (QED) is 0.333. The minimum atomic E-state index is -5.47. The number of carbonyl (C=O) groups excluding carboxylic acids is 2. The van der Waals surface area contributed by atoms with Crippen LogP contribution >= 0.6 is 11.6 Å². The zero-order chi connectivity index (χ0) is 26.2. The molecule has 0 radical (unpaired) electrons. The van der Waals surface area contributed by atoms with Gasteiger partial charge in [0, 0.05) is 17.0 Å². The summed E-state index contributed by atoms with van der Waals surface area (Å²) in [5.41, 5.74) is -5.30. The van der Waals surface area contributed by atoms with Gasteiger partial charge in [-0.1, -0.05) is 30.7 Å². The fraction of sp³-hybridized carbons (Fsp3) is 0.417. The molecule has 0 aromatic heterocycles. The second-order valence-electron chi connectivity index (χ2n) is 8.51. The molecule has 2 unspecified atom stereocenters. The highest BCUT2D eigenvalue weighted by Crippen LogP contribution is 2.45. The van der Waals surface area contributed by atoms with Crippen molar-refractivity contribution in [3.05, 3.63) is 69.2 Å². The van der Waals surface area contributed by atoms with E-state index in [1.165, 1.54) is 18.2 Å². The number of nitrogens with one attached hydrogen (secondary N) is 1. The van der Waals surface area contributed by atoms with Crippen molar-refractivity contribution in [3.8, 4) is 0 Å². The van der Waals surface area contributed by atoms with Crippen LogP contribution in [0.2, 0.25) is 5.02 Å². The molecule has 0 aliphatic heterocycles. The van der Waals surface area contributed by atoms with Crippen LogP contribution in [0.5, 0.6) is 0 Å². The number of halogens is 7. The van der Waals surface area contributed by atoms with E-state index in [0.717, 1.165) is 5.56 Å². The number of carbonyl (C=O) groups is 2. The predicted octanol–water partition coefficient (Wildman–Crippen LogP) is 6.29. The summed E-state index contributed by atoms with van der Waals surface area (Å²) in [7, 11) is 0. The number of fused-ring (bicyclic) bond motifs is 1. The summed E-state index contributed by atoms with van der Waals surface area (Å²) in [5, 5.41) is 12.7. The van der Waals surface area contributed by atoms with Gasteiger partial charge in [-0.2, -0.15) is 26.3 Å². The van der Waals surface area contributed by atoms with Crippen molar-refractivity contribution >= 4 is 23.3 Å². The van der Waals surface area contributed by atoms with Crippen molar-refractivity contribution in [2.45, 2.75) is 63.0 Å². The normalized spacial score (nSPS) is 17.6. The first-order valence-corrected chi connectivity index (χ1v) is 11.2. The van der Waals surface area contributed by atoms with E-state index in [1.54, 1.807) is 0 Å². The van der Waals surface area contributed by atoms with Crippen molar-refractivity contribution in [2.24, 2.45) is 0 Å². The molecule has 4 nitrogen and oxygen atoms in total. The van der Waals surface area contributed by atoms with E-state index in [-0.39, 0.29) is 23.6 Å². The summed E-state index contributed by atoms with van der Waals surface area (Å²) >= 11 is 5.61. The molecule has 2 N–H and O–H groups in total. The topological polar surface area (TPSA) is 66.4 Å². The Morgan fingerprint density at radius 2 is 1.71 bits per heavy atom. The molecule has 2 aromatic carbocycles. The summed E-state index contributed by atoms with van der Waals surface area (Å²) in [6, 6.07) is 5.04. The van der Waals surface area contributed by atoms with Crippen molar-refractivity contribution in [3.63, 3.8) is 0 Å².